The van der Waals surface area contributed by atoms with Crippen LogP contribution in [0.1, 0.15) is 49.0 Å². The van der Waals surface area contributed by atoms with Crippen molar-refractivity contribution in [2.75, 3.05) is 15.4 Å². The molecule has 0 saturated heterocycles. The van der Waals surface area contributed by atoms with E-state index in [2.05, 4.69) is 25.6 Å². The number of carboxylic acids is 1. The van der Waals surface area contributed by atoms with Crippen molar-refractivity contribution < 1.29 is 23.1 Å². The van der Waals surface area contributed by atoms with E-state index in [0.717, 1.165) is 5.01 Å². The highest BCUT2D eigenvalue weighted by molar-refractivity contribution is 7.92. The zero-order valence-corrected chi connectivity index (χ0v) is 22.3. The molecule has 192 valence electrons. The normalized spacial score (nSPS) is 12.4. The molecule has 3 aromatic rings. The Morgan fingerprint density at radius 1 is 1.03 bits per heavy atom. The average molecular weight is 552 g/mol. The minimum absolute atomic E-state index is 0.0181. The Hall–Kier alpha value is -3.22. The van der Waals surface area contributed by atoms with Crippen LogP contribution in [0.15, 0.2) is 47.4 Å². The van der Waals surface area contributed by atoms with E-state index in [1.54, 1.807) is 13.8 Å². The van der Waals surface area contributed by atoms with Crippen molar-refractivity contribution in [3.8, 4) is 0 Å². The highest BCUT2D eigenvalue weighted by Gasteiger charge is 2.29. The van der Waals surface area contributed by atoms with Gasteiger partial charge in [-0.15, -0.1) is 10.2 Å². The molecule has 0 bridgehead atoms. The number of nitrogens with zero attached hydrogens (tertiary/aromatic N) is 2. The monoisotopic (exact) mass is 551 g/mol. The number of amides is 1. The summed E-state index contributed by atoms with van der Waals surface area (Å²) in [4.78, 5) is 24.8. The quantitative estimate of drug-likeness (QED) is 0.278. The van der Waals surface area contributed by atoms with Crippen LogP contribution in [0, 0.1) is 5.92 Å². The first-order valence-electron chi connectivity index (χ1n) is 10.9. The van der Waals surface area contributed by atoms with Gasteiger partial charge in [-0.3, -0.25) is 14.8 Å². The number of carboxylic acid groups (broad SMARTS) is 1. The van der Waals surface area contributed by atoms with Crippen molar-refractivity contribution in [1.82, 2.24) is 10.2 Å². The maximum absolute atomic E-state index is 13.1. The van der Waals surface area contributed by atoms with Gasteiger partial charge in [-0.25, -0.2) is 13.2 Å². The lowest BCUT2D eigenvalue weighted by atomic mass is 10.0. The van der Waals surface area contributed by atoms with Gasteiger partial charge in [-0.2, -0.15) is 0 Å². The molecule has 0 aliphatic rings. The van der Waals surface area contributed by atoms with Crippen molar-refractivity contribution in [1.29, 1.82) is 0 Å². The fraction of sp³-hybridized carbons (Fsp3) is 0.304. The third-order valence-corrected chi connectivity index (χ3v) is 7.87. The summed E-state index contributed by atoms with van der Waals surface area (Å²) in [6.45, 7) is 7.47. The van der Waals surface area contributed by atoms with Gasteiger partial charge in [-0.1, -0.05) is 56.7 Å². The number of anilines is 3. The lowest BCUT2D eigenvalue weighted by Gasteiger charge is -2.24. The summed E-state index contributed by atoms with van der Waals surface area (Å²) < 4.78 is 28.5. The number of halogens is 1. The van der Waals surface area contributed by atoms with Crippen LogP contribution in [0.3, 0.4) is 0 Å². The molecule has 0 saturated carbocycles. The molecule has 1 aromatic heterocycles. The Balaban J connectivity index is 1.92. The van der Waals surface area contributed by atoms with Gasteiger partial charge in [0.2, 0.25) is 11.0 Å². The van der Waals surface area contributed by atoms with Crippen LogP contribution in [0.4, 0.5) is 16.5 Å². The van der Waals surface area contributed by atoms with Crippen molar-refractivity contribution >= 4 is 61.3 Å². The molecule has 0 aliphatic carbocycles. The number of aromatic nitrogens is 2. The Bertz CT molecular complexity index is 1360. The van der Waals surface area contributed by atoms with Crippen molar-refractivity contribution in [2.45, 2.75) is 44.6 Å². The maximum atomic E-state index is 13.1. The molecule has 13 heteroatoms. The zero-order chi connectivity index (χ0) is 26.6. The summed E-state index contributed by atoms with van der Waals surface area (Å²) in [5.74, 6) is -2.06. The molecular formula is C23H26ClN5O5S2. The largest absolute Gasteiger partial charge is 0.478 e. The number of aromatic carboxylic acids is 1. The van der Waals surface area contributed by atoms with E-state index in [9.17, 15) is 23.1 Å². The van der Waals surface area contributed by atoms with Crippen LogP contribution in [0.2, 0.25) is 5.02 Å². The molecule has 3 rings (SSSR count). The van der Waals surface area contributed by atoms with Crippen LogP contribution in [0.5, 0.6) is 0 Å². The smallest absolute Gasteiger partial charge is 0.339 e. The van der Waals surface area contributed by atoms with Gasteiger partial charge in [0.05, 0.1) is 5.69 Å². The number of hydrogen-bond donors (Lipinski definition) is 4. The van der Waals surface area contributed by atoms with Gasteiger partial charge in [0.1, 0.15) is 21.5 Å². The van der Waals surface area contributed by atoms with E-state index in [0.29, 0.717) is 10.2 Å². The maximum Gasteiger partial charge on any atom is 0.339 e. The summed E-state index contributed by atoms with van der Waals surface area (Å²) in [6, 6.07) is 9.03. The Morgan fingerprint density at radius 3 is 2.25 bits per heavy atom. The molecule has 2 aromatic carbocycles. The first-order valence-corrected chi connectivity index (χ1v) is 13.6. The van der Waals surface area contributed by atoms with Crippen LogP contribution in [0.25, 0.3) is 0 Å². The Kier molecular flexibility index (Phi) is 8.54. The molecule has 0 spiro atoms. The number of carbonyl (C=O) groups excluding carboxylic acids is 1. The summed E-state index contributed by atoms with van der Waals surface area (Å²) >= 11 is 7.10. The SMILES string of the molecule is CC(C)c1nnc(NC(=O)C(Nc2cccc(S(=O)(=O)Nc3ccc(Cl)cc3)c2C(=O)O)C(C)C)s1. The lowest BCUT2D eigenvalue weighted by molar-refractivity contribution is -0.117. The van der Waals surface area contributed by atoms with E-state index in [4.69, 9.17) is 11.6 Å². The van der Waals surface area contributed by atoms with Crippen LogP contribution in [-0.2, 0) is 14.8 Å². The number of benzene rings is 2. The third kappa shape index (κ3) is 6.50. The molecule has 1 atom stereocenters. The van der Waals surface area contributed by atoms with E-state index in [1.165, 1.54) is 53.8 Å². The van der Waals surface area contributed by atoms with Gasteiger partial charge >= 0.3 is 5.97 Å². The van der Waals surface area contributed by atoms with Gasteiger partial charge in [0, 0.05) is 16.6 Å². The minimum atomic E-state index is -4.29. The second-order valence-corrected chi connectivity index (χ2v) is 11.6. The fourth-order valence-corrected chi connectivity index (χ4v) is 5.38. The predicted molar refractivity (Wildman–Crippen MR) is 141 cm³/mol. The topological polar surface area (TPSA) is 150 Å². The van der Waals surface area contributed by atoms with Crippen LogP contribution >= 0.6 is 22.9 Å². The van der Waals surface area contributed by atoms with Gasteiger partial charge in [0.15, 0.2) is 0 Å². The second kappa shape index (κ2) is 11.2. The van der Waals surface area contributed by atoms with Crippen LogP contribution in [-0.4, -0.2) is 41.6 Å². The van der Waals surface area contributed by atoms with E-state index < -0.39 is 38.4 Å². The number of nitrogens with one attached hydrogen (secondary N) is 3. The summed E-state index contributed by atoms with van der Waals surface area (Å²) in [6.07, 6.45) is 0. The highest BCUT2D eigenvalue weighted by atomic mass is 35.5. The average Bonchev–Trinajstić information content (AvgIpc) is 3.27. The van der Waals surface area contributed by atoms with Gasteiger partial charge in [0.25, 0.3) is 10.0 Å². The molecule has 10 nitrogen and oxygen atoms in total. The summed E-state index contributed by atoms with van der Waals surface area (Å²) in [7, 11) is -4.29. The standard InChI is InChI=1S/C23H26ClN5O5S2/c1-12(2)19(20(30)26-23-28-27-21(35-23)13(3)4)25-16-6-5-7-17(18(16)22(31)32)36(33,34)29-15-10-8-14(24)9-11-15/h5-13,19,25,29H,1-4H3,(H,31,32)(H,26,28,30). The first-order chi connectivity index (χ1) is 16.9. The molecule has 1 amide bonds. The fourth-order valence-electron chi connectivity index (χ4n) is 3.23. The lowest BCUT2D eigenvalue weighted by Crippen LogP contribution is -2.39. The number of rotatable bonds is 10. The van der Waals surface area contributed by atoms with Crippen molar-refractivity contribution in [3.05, 3.63) is 58.1 Å². The molecule has 0 aliphatic heterocycles. The molecule has 4 N–H and O–H groups in total. The molecule has 36 heavy (non-hydrogen) atoms. The van der Waals surface area contributed by atoms with E-state index in [1.807, 2.05) is 13.8 Å². The van der Waals surface area contributed by atoms with Crippen molar-refractivity contribution in [3.63, 3.8) is 0 Å². The predicted octanol–water partition coefficient (Wildman–Crippen LogP) is 4.89. The van der Waals surface area contributed by atoms with Gasteiger partial charge < -0.3 is 10.4 Å². The van der Waals surface area contributed by atoms with Crippen molar-refractivity contribution in [2.24, 2.45) is 5.92 Å². The zero-order valence-electron chi connectivity index (χ0n) is 19.9. The molecule has 1 unspecified atom stereocenters. The molecular weight excluding hydrogens is 526 g/mol. The Morgan fingerprint density at radius 2 is 1.69 bits per heavy atom. The van der Waals surface area contributed by atoms with Gasteiger partial charge in [-0.05, 0) is 42.3 Å². The minimum Gasteiger partial charge on any atom is -0.478 e. The van der Waals surface area contributed by atoms with E-state index >= 15 is 0 Å². The summed E-state index contributed by atoms with van der Waals surface area (Å²) in [5.41, 5.74) is -0.294. The second-order valence-electron chi connectivity index (χ2n) is 8.55. The van der Waals surface area contributed by atoms with Crippen LogP contribution < -0.4 is 15.4 Å². The number of hydrogen-bond acceptors (Lipinski definition) is 8. The highest BCUT2D eigenvalue weighted by Crippen LogP contribution is 2.29. The number of sulfonamides is 1. The molecule has 0 radical (unpaired) electrons. The summed E-state index contributed by atoms with van der Waals surface area (Å²) in [5, 5.41) is 25.1. The first kappa shape index (κ1) is 27.4. The third-order valence-electron chi connectivity index (χ3n) is 5.05. The number of carbonyl (C=O) groups is 2. The Labute approximate surface area is 218 Å². The molecule has 1 heterocycles. The van der Waals surface area contributed by atoms with E-state index in [-0.39, 0.29) is 23.2 Å². The molecule has 0 fully saturated rings.